The van der Waals surface area contributed by atoms with Gasteiger partial charge >= 0.3 is 0 Å². The maximum absolute atomic E-state index is 8.56. The van der Waals surface area contributed by atoms with Crippen LogP contribution in [0.2, 0.25) is 0 Å². The minimum absolute atomic E-state index is 0.315. The Balaban J connectivity index is 0.000000202. The molecular weight excluding hydrogens is 150 g/mol. The molecular formula is C10H17NO. The summed E-state index contributed by atoms with van der Waals surface area (Å²) in [6.45, 7) is 1.72. The molecule has 0 radical (unpaired) electrons. The smallest absolute Gasteiger partial charge is 0.104 e. The van der Waals surface area contributed by atoms with Crippen molar-refractivity contribution in [3.8, 4) is 0 Å². The van der Waals surface area contributed by atoms with E-state index in [0.717, 1.165) is 0 Å². The van der Waals surface area contributed by atoms with Gasteiger partial charge in [-0.15, -0.1) is 0 Å². The summed E-state index contributed by atoms with van der Waals surface area (Å²) < 4.78 is 0. The van der Waals surface area contributed by atoms with Gasteiger partial charge in [-0.25, -0.2) is 0 Å². The maximum Gasteiger partial charge on any atom is 0.104 e. The Morgan fingerprint density at radius 3 is 1.17 bits per heavy atom. The van der Waals surface area contributed by atoms with Crippen LogP contribution in [0.25, 0.3) is 0 Å². The zero-order valence-electron chi connectivity index (χ0n) is 7.94. The SMILES string of the molecule is CC(O)N(C)C.c1ccccc1. The van der Waals surface area contributed by atoms with E-state index >= 15 is 0 Å². The van der Waals surface area contributed by atoms with Crippen molar-refractivity contribution in [1.82, 2.24) is 4.90 Å². The first-order valence-electron chi connectivity index (χ1n) is 3.99. The molecule has 12 heavy (non-hydrogen) atoms. The second kappa shape index (κ2) is 6.83. The number of benzene rings is 1. The summed E-state index contributed by atoms with van der Waals surface area (Å²) in [7, 11) is 3.65. The Morgan fingerprint density at radius 2 is 1.08 bits per heavy atom. The molecule has 0 amide bonds. The third-order valence-electron chi connectivity index (χ3n) is 1.41. The molecule has 1 rings (SSSR count). The molecule has 0 saturated heterocycles. The summed E-state index contributed by atoms with van der Waals surface area (Å²) in [6.07, 6.45) is -0.315. The highest BCUT2D eigenvalue weighted by Crippen LogP contribution is 1.80. The summed E-state index contributed by atoms with van der Waals surface area (Å²) in [5.74, 6) is 0. The lowest BCUT2D eigenvalue weighted by atomic mass is 10.4. The molecule has 0 aliphatic heterocycles. The zero-order chi connectivity index (χ0) is 9.40. The van der Waals surface area contributed by atoms with E-state index in [4.69, 9.17) is 5.11 Å². The van der Waals surface area contributed by atoms with Crippen molar-refractivity contribution in [2.24, 2.45) is 0 Å². The maximum atomic E-state index is 8.56. The monoisotopic (exact) mass is 167 g/mol. The predicted octanol–water partition coefficient (Wildman–Crippen LogP) is 1.57. The van der Waals surface area contributed by atoms with Gasteiger partial charge in [0.25, 0.3) is 0 Å². The Kier molecular flexibility index (Phi) is 6.34. The van der Waals surface area contributed by atoms with Crippen LogP contribution in [0.1, 0.15) is 6.92 Å². The normalized spacial score (nSPS) is 11.8. The lowest BCUT2D eigenvalue weighted by molar-refractivity contribution is 0.0578. The van der Waals surface area contributed by atoms with Crippen LogP contribution in [-0.4, -0.2) is 30.3 Å². The standard InChI is InChI=1S/C6H6.C4H11NO/c1-2-4-6-5-3-1;1-4(6)5(2)3/h1-6H;4,6H,1-3H3. The van der Waals surface area contributed by atoms with Crippen LogP contribution in [0.4, 0.5) is 0 Å². The molecule has 0 spiro atoms. The fourth-order valence-electron chi connectivity index (χ4n) is 0.385. The van der Waals surface area contributed by atoms with Crippen LogP contribution in [0.5, 0.6) is 0 Å². The molecule has 0 aliphatic rings. The molecule has 0 heterocycles. The van der Waals surface area contributed by atoms with Crippen LogP contribution in [-0.2, 0) is 0 Å². The van der Waals surface area contributed by atoms with E-state index < -0.39 is 0 Å². The molecule has 1 unspecified atom stereocenters. The van der Waals surface area contributed by atoms with Gasteiger partial charge in [0.15, 0.2) is 0 Å². The first-order valence-corrected chi connectivity index (χ1v) is 3.99. The van der Waals surface area contributed by atoms with Crippen LogP contribution >= 0.6 is 0 Å². The first kappa shape index (κ1) is 11.1. The van der Waals surface area contributed by atoms with Gasteiger partial charge in [-0.2, -0.15) is 0 Å². The summed E-state index contributed by atoms with van der Waals surface area (Å²) in [4.78, 5) is 1.72. The molecule has 0 saturated carbocycles. The minimum atomic E-state index is -0.315. The molecule has 0 aromatic heterocycles. The Morgan fingerprint density at radius 1 is 0.917 bits per heavy atom. The van der Waals surface area contributed by atoms with E-state index in [1.807, 2.05) is 50.5 Å². The van der Waals surface area contributed by atoms with Gasteiger partial charge in [0, 0.05) is 0 Å². The van der Waals surface area contributed by atoms with Crippen molar-refractivity contribution in [1.29, 1.82) is 0 Å². The Bertz CT molecular complexity index is 140. The average molecular weight is 167 g/mol. The fraction of sp³-hybridized carbons (Fsp3) is 0.400. The van der Waals surface area contributed by atoms with E-state index in [9.17, 15) is 0 Å². The molecule has 2 nitrogen and oxygen atoms in total. The second-order valence-corrected chi connectivity index (χ2v) is 2.75. The van der Waals surface area contributed by atoms with Gasteiger partial charge in [0.2, 0.25) is 0 Å². The van der Waals surface area contributed by atoms with Crippen molar-refractivity contribution in [2.45, 2.75) is 13.2 Å². The molecule has 0 fully saturated rings. The van der Waals surface area contributed by atoms with Gasteiger partial charge in [-0.1, -0.05) is 36.4 Å². The third-order valence-corrected chi connectivity index (χ3v) is 1.41. The second-order valence-electron chi connectivity index (χ2n) is 2.75. The van der Waals surface area contributed by atoms with Gasteiger partial charge in [0.05, 0.1) is 0 Å². The fourth-order valence-corrected chi connectivity index (χ4v) is 0.385. The number of nitrogens with zero attached hydrogens (tertiary/aromatic N) is 1. The molecule has 0 aliphatic carbocycles. The summed E-state index contributed by atoms with van der Waals surface area (Å²) in [6, 6.07) is 12.0. The van der Waals surface area contributed by atoms with Gasteiger partial charge in [-0.05, 0) is 21.0 Å². The van der Waals surface area contributed by atoms with Crippen molar-refractivity contribution >= 4 is 0 Å². The minimum Gasteiger partial charge on any atom is -0.379 e. The Labute approximate surface area is 74.5 Å². The van der Waals surface area contributed by atoms with Crippen molar-refractivity contribution < 1.29 is 5.11 Å². The molecule has 1 aromatic rings. The van der Waals surface area contributed by atoms with E-state index in [1.54, 1.807) is 11.8 Å². The summed E-state index contributed by atoms with van der Waals surface area (Å²) in [5, 5.41) is 8.56. The molecule has 1 atom stereocenters. The van der Waals surface area contributed by atoms with E-state index in [2.05, 4.69) is 0 Å². The van der Waals surface area contributed by atoms with Crippen LogP contribution < -0.4 is 0 Å². The van der Waals surface area contributed by atoms with E-state index in [-0.39, 0.29) is 6.23 Å². The lowest BCUT2D eigenvalue weighted by Gasteiger charge is -2.11. The first-order chi connectivity index (χ1) is 5.64. The van der Waals surface area contributed by atoms with Gasteiger partial charge in [-0.3, -0.25) is 4.90 Å². The van der Waals surface area contributed by atoms with Crippen molar-refractivity contribution in [3.63, 3.8) is 0 Å². The summed E-state index contributed by atoms with van der Waals surface area (Å²) in [5.41, 5.74) is 0. The van der Waals surface area contributed by atoms with Crippen LogP contribution in [0.15, 0.2) is 36.4 Å². The zero-order valence-corrected chi connectivity index (χ0v) is 7.94. The van der Waals surface area contributed by atoms with Gasteiger partial charge < -0.3 is 5.11 Å². The third kappa shape index (κ3) is 7.25. The van der Waals surface area contributed by atoms with Crippen molar-refractivity contribution in [2.75, 3.05) is 14.1 Å². The molecule has 2 heteroatoms. The highest BCUT2D eigenvalue weighted by Gasteiger charge is 1.92. The number of aliphatic hydroxyl groups excluding tert-OH is 1. The number of aliphatic hydroxyl groups is 1. The highest BCUT2D eigenvalue weighted by molar-refractivity contribution is 4.99. The molecule has 68 valence electrons. The molecule has 1 aromatic carbocycles. The van der Waals surface area contributed by atoms with Gasteiger partial charge in [0.1, 0.15) is 6.23 Å². The van der Waals surface area contributed by atoms with E-state index in [1.165, 1.54) is 0 Å². The quantitative estimate of drug-likeness (QED) is 0.642. The highest BCUT2D eigenvalue weighted by atomic mass is 16.3. The lowest BCUT2D eigenvalue weighted by Crippen LogP contribution is -2.23. The number of hydrogen-bond donors (Lipinski definition) is 1. The van der Waals surface area contributed by atoms with E-state index in [0.29, 0.717) is 0 Å². The van der Waals surface area contributed by atoms with Crippen LogP contribution in [0.3, 0.4) is 0 Å². The molecule has 0 bridgehead atoms. The van der Waals surface area contributed by atoms with Crippen LogP contribution in [0, 0.1) is 0 Å². The number of rotatable bonds is 1. The largest absolute Gasteiger partial charge is 0.379 e. The average Bonchev–Trinajstić information content (AvgIpc) is 2.08. The van der Waals surface area contributed by atoms with Crippen molar-refractivity contribution in [3.05, 3.63) is 36.4 Å². The topological polar surface area (TPSA) is 23.5 Å². The Hall–Kier alpha value is -0.860. The number of hydrogen-bond acceptors (Lipinski definition) is 2. The predicted molar refractivity (Wildman–Crippen MR) is 51.8 cm³/mol. The summed E-state index contributed by atoms with van der Waals surface area (Å²) >= 11 is 0. The molecule has 1 N–H and O–H groups in total.